The molecule has 1 rings (SSSR count). The van der Waals surface area contributed by atoms with Crippen molar-refractivity contribution in [3.05, 3.63) is 35.4 Å². The van der Waals surface area contributed by atoms with Crippen molar-refractivity contribution < 1.29 is 19.5 Å². The number of hydrogen-bond donors (Lipinski definition) is 3. The molecule has 0 spiro atoms. The smallest absolute Gasteiger partial charge is 0.310 e. The second kappa shape index (κ2) is 6.88. The maximum atomic E-state index is 11.8. The Bertz CT molecular complexity index is 535. The molecule has 0 aliphatic carbocycles. The minimum atomic E-state index is -1.05. The zero-order chi connectivity index (χ0) is 16.0. The normalized spacial score (nSPS) is 10.8. The van der Waals surface area contributed by atoms with E-state index in [0.29, 0.717) is 5.56 Å². The molecular weight excluding hydrogens is 272 g/mol. The Morgan fingerprint density at radius 1 is 1.10 bits per heavy atom. The van der Waals surface area contributed by atoms with Crippen molar-refractivity contribution in [2.75, 3.05) is 13.1 Å². The molecule has 114 valence electrons. The molecule has 6 nitrogen and oxygen atoms in total. The summed E-state index contributed by atoms with van der Waals surface area (Å²) in [5.41, 5.74) is 0.468. The van der Waals surface area contributed by atoms with Crippen molar-refractivity contribution in [1.82, 2.24) is 10.6 Å². The highest BCUT2D eigenvalue weighted by Gasteiger charge is 2.27. The van der Waals surface area contributed by atoms with Crippen LogP contribution in [0.15, 0.2) is 24.3 Å². The molecule has 0 aliphatic rings. The standard InChI is InChI=1S/C15H20N2O4/c1-10-4-6-11(7-5-10)13(19)16-8-12(18)17-9-15(2,3)14(20)21/h4-7H,8-9H2,1-3H3,(H,16,19)(H,17,18)(H,20,21). The Labute approximate surface area is 123 Å². The number of carboxylic acids is 1. The van der Waals surface area contributed by atoms with Gasteiger partial charge in [0.05, 0.1) is 12.0 Å². The maximum Gasteiger partial charge on any atom is 0.310 e. The third kappa shape index (κ3) is 5.25. The Morgan fingerprint density at radius 3 is 2.19 bits per heavy atom. The Balaban J connectivity index is 2.41. The number of hydrogen-bond acceptors (Lipinski definition) is 3. The number of amides is 2. The first kappa shape index (κ1) is 16.7. The summed E-state index contributed by atoms with van der Waals surface area (Å²) in [5.74, 6) is -1.76. The van der Waals surface area contributed by atoms with Gasteiger partial charge < -0.3 is 15.7 Å². The van der Waals surface area contributed by atoms with Gasteiger partial charge >= 0.3 is 5.97 Å². The molecule has 0 radical (unpaired) electrons. The lowest BCUT2D eigenvalue weighted by molar-refractivity contribution is -0.146. The van der Waals surface area contributed by atoms with Gasteiger partial charge in [0.2, 0.25) is 5.91 Å². The third-order valence-electron chi connectivity index (χ3n) is 3.03. The second-order valence-electron chi connectivity index (χ2n) is 5.51. The molecule has 0 unspecified atom stereocenters. The summed E-state index contributed by atoms with van der Waals surface area (Å²) in [6.07, 6.45) is 0. The highest BCUT2D eigenvalue weighted by Crippen LogP contribution is 2.12. The zero-order valence-electron chi connectivity index (χ0n) is 12.4. The predicted molar refractivity (Wildman–Crippen MR) is 77.9 cm³/mol. The average Bonchev–Trinajstić information content (AvgIpc) is 2.43. The quantitative estimate of drug-likeness (QED) is 0.727. The predicted octanol–water partition coefficient (Wildman–Crippen LogP) is 0.952. The van der Waals surface area contributed by atoms with Crippen molar-refractivity contribution in [3.63, 3.8) is 0 Å². The molecule has 6 heteroatoms. The van der Waals surface area contributed by atoms with Gasteiger partial charge in [-0.2, -0.15) is 0 Å². The summed E-state index contributed by atoms with van der Waals surface area (Å²) in [7, 11) is 0. The summed E-state index contributed by atoms with van der Waals surface area (Å²) in [6.45, 7) is 4.75. The molecule has 0 heterocycles. The van der Waals surface area contributed by atoms with Gasteiger partial charge in [-0.15, -0.1) is 0 Å². The van der Waals surface area contributed by atoms with Crippen LogP contribution in [-0.4, -0.2) is 36.0 Å². The molecule has 0 saturated heterocycles. The minimum Gasteiger partial charge on any atom is -0.481 e. The first-order valence-corrected chi connectivity index (χ1v) is 6.57. The number of nitrogens with one attached hydrogen (secondary N) is 2. The number of rotatable bonds is 6. The fraction of sp³-hybridized carbons (Fsp3) is 0.400. The number of carboxylic acid groups (broad SMARTS) is 1. The molecule has 0 fully saturated rings. The fourth-order valence-corrected chi connectivity index (χ4v) is 1.43. The van der Waals surface area contributed by atoms with Crippen molar-refractivity contribution in [3.8, 4) is 0 Å². The topological polar surface area (TPSA) is 95.5 Å². The van der Waals surface area contributed by atoms with Gasteiger partial charge in [0.1, 0.15) is 0 Å². The molecule has 0 saturated carbocycles. The number of aryl methyl sites for hydroxylation is 1. The van der Waals surface area contributed by atoms with E-state index in [0.717, 1.165) is 5.56 Å². The number of benzene rings is 1. The van der Waals surface area contributed by atoms with Gasteiger partial charge in [0.15, 0.2) is 0 Å². The number of carbonyl (C=O) groups excluding carboxylic acids is 2. The van der Waals surface area contributed by atoms with E-state index in [1.54, 1.807) is 12.1 Å². The largest absolute Gasteiger partial charge is 0.481 e. The Hall–Kier alpha value is -2.37. The van der Waals surface area contributed by atoms with E-state index < -0.39 is 17.3 Å². The second-order valence-corrected chi connectivity index (χ2v) is 5.51. The third-order valence-corrected chi connectivity index (χ3v) is 3.03. The zero-order valence-corrected chi connectivity index (χ0v) is 12.4. The summed E-state index contributed by atoms with van der Waals surface area (Å²) >= 11 is 0. The van der Waals surface area contributed by atoms with E-state index in [2.05, 4.69) is 10.6 Å². The lowest BCUT2D eigenvalue weighted by Crippen LogP contribution is -2.43. The van der Waals surface area contributed by atoms with E-state index in [4.69, 9.17) is 5.11 Å². The molecule has 0 aliphatic heterocycles. The minimum absolute atomic E-state index is 0.00156. The molecule has 2 amide bonds. The van der Waals surface area contributed by atoms with Crippen LogP contribution in [-0.2, 0) is 9.59 Å². The highest BCUT2D eigenvalue weighted by molar-refractivity contribution is 5.96. The molecule has 0 bridgehead atoms. The van der Waals surface area contributed by atoms with Crippen LogP contribution < -0.4 is 10.6 Å². The molecule has 0 atom stereocenters. The monoisotopic (exact) mass is 292 g/mol. The molecule has 3 N–H and O–H groups in total. The van der Waals surface area contributed by atoms with Crippen LogP contribution in [0.5, 0.6) is 0 Å². The van der Waals surface area contributed by atoms with E-state index in [-0.39, 0.29) is 19.0 Å². The van der Waals surface area contributed by atoms with Crippen molar-refractivity contribution in [2.24, 2.45) is 5.41 Å². The molecule has 1 aromatic carbocycles. The summed E-state index contributed by atoms with van der Waals surface area (Å²) < 4.78 is 0. The fourth-order valence-electron chi connectivity index (χ4n) is 1.43. The van der Waals surface area contributed by atoms with Gasteiger partial charge in [-0.1, -0.05) is 17.7 Å². The van der Waals surface area contributed by atoms with Gasteiger partial charge in [0, 0.05) is 12.1 Å². The van der Waals surface area contributed by atoms with Gasteiger partial charge in [-0.3, -0.25) is 14.4 Å². The van der Waals surface area contributed by atoms with E-state index >= 15 is 0 Å². The van der Waals surface area contributed by atoms with Crippen LogP contribution in [0.25, 0.3) is 0 Å². The molecule has 1 aromatic rings. The molecular formula is C15H20N2O4. The van der Waals surface area contributed by atoms with Crippen molar-refractivity contribution in [2.45, 2.75) is 20.8 Å². The first-order chi connectivity index (χ1) is 9.72. The van der Waals surface area contributed by atoms with Crippen LogP contribution in [0.3, 0.4) is 0 Å². The van der Waals surface area contributed by atoms with Gasteiger partial charge in [-0.25, -0.2) is 0 Å². The SMILES string of the molecule is Cc1ccc(C(=O)NCC(=O)NCC(C)(C)C(=O)O)cc1. The molecule has 0 aromatic heterocycles. The van der Waals surface area contributed by atoms with Crippen LogP contribution in [0.4, 0.5) is 0 Å². The first-order valence-electron chi connectivity index (χ1n) is 6.57. The summed E-state index contributed by atoms with van der Waals surface area (Å²) in [4.78, 5) is 34.3. The van der Waals surface area contributed by atoms with Crippen molar-refractivity contribution in [1.29, 1.82) is 0 Å². The molecule has 21 heavy (non-hydrogen) atoms. The lowest BCUT2D eigenvalue weighted by atomic mass is 9.94. The summed E-state index contributed by atoms with van der Waals surface area (Å²) in [5, 5.41) is 13.9. The van der Waals surface area contributed by atoms with E-state index in [1.807, 2.05) is 19.1 Å². The van der Waals surface area contributed by atoms with Gasteiger partial charge in [-0.05, 0) is 32.9 Å². The lowest BCUT2D eigenvalue weighted by Gasteiger charge is -2.19. The van der Waals surface area contributed by atoms with E-state index in [1.165, 1.54) is 13.8 Å². The van der Waals surface area contributed by atoms with Crippen LogP contribution >= 0.6 is 0 Å². The maximum absolute atomic E-state index is 11.8. The Kier molecular flexibility index (Phi) is 5.46. The number of aliphatic carboxylic acids is 1. The summed E-state index contributed by atoms with van der Waals surface area (Å²) in [6, 6.07) is 6.97. The van der Waals surface area contributed by atoms with Crippen LogP contribution in [0, 0.1) is 12.3 Å². The van der Waals surface area contributed by atoms with Crippen LogP contribution in [0.2, 0.25) is 0 Å². The average molecular weight is 292 g/mol. The Morgan fingerprint density at radius 2 is 1.67 bits per heavy atom. The highest BCUT2D eigenvalue weighted by atomic mass is 16.4. The van der Waals surface area contributed by atoms with Crippen LogP contribution in [0.1, 0.15) is 29.8 Å². The van der Waals surface area contributed by atoms with E-state index in [9.17, 15) is 14.4 Å². The van der Waals surface area contributed by atoms with Gasteiger partial charge in [0.25, 0.3) is 5.91 Å². The van der Waals surface area contributed by atoms with Crippen molar-refractivity contribution >= 4 is 17.8 Å². The number of carbonyl (C=O) groups is 3.